The topological polar surface area (TPSA) is 41.6 Å². The van der Waals surface area contributed by atoms with E-state index in [4.69, 9.17) is 11.6 Å². The third-order valence-corrected chi connectivity index (χ3v) is 4.58. The van der Waals surface area contributed by atoms with Crippen LogP contribution < -0.4 is 0 Å². The lowest BCUT2D eigenvalue weighted by atomic mass is 10.2. The highest BCUT2D eigenvalue weighted by molar-refractivity contribution is 7.09. The molecular formula is C16H14ClN3S. The molecule has 0 saturated heterocycles. The fraction of sp³-hybridized carbons (Fsp3) is 0.250. The van der Waals surface area contributed by atoms with Crippen LogP contribution in [0.3, 0.4) is 0 Å². The van der Waals surface area contributed by atoms with Gasteiger partial charge in [-0.25, -0.2) is 4.98 Å². The zero-order chi connectivity index (χ0) is 14.8. The number of para-hydroxylation sites is 1. The monoisotopic (exact) mass is 315 g/mol. The highest BCUT2D eigenvalue weighted by atomic mass is 35.5. The van der Waals surface area contributed by atoms with E-state index in [2.05, 4.69) is 33.1 Å². The minimum absolute atomic E-state index is 0.188. The van der Waals surface area contributed by atoms with Gasteiger partial charge in [-0.3, -0.25) is 0 Å². The summed E-state index contributed by atoms with van der Waals surface area (Å²) in [5.41, 5.74) is 2.32. The number of nitriles is 1. The molecule has 3 nitrogen and oxygen atoms in total. The smallest absolute Gasteiger partial charge is 0.127 e. The third-order valence-electron chi connectivity index (χ3n) is 3.45. The Labute approximate surface area is 132 Å². The van der Waals surface area contributed by atoms with Crippen LogP contribution >= 0.6 is 22.9 Å². The maximum Gasteiger partial charge on any atom is 0.127 e. The molecule has 1 atom stereocenters. The Balaban J connectivity index is 2.06. The lowest BCUT2D eigenvalue weighted by Gasteiger charge is -2.09. The number of thiophene rings is 1. The lowest BCUT2D eigenvalue weighted by molar-refractivity contribution is 0.672. The van der Waals surface area contributed by atoms with Gasteiger partial charge in [-0.2, -0.15) is 5.26 Å². The molecule has 2 heterocycles. The molecule has 106 valence electrons. The molecule has 0 amide bonds. The maximum absolute atomic E-state index is 9.22. The van der Waals surface area contributed by atoms with Crippen LogP contribution in [0.2, 0.25) is 0 Å². The van der Waals surface area contributed by atoms with Gasteiger partial charge in [-0.05, 0) is 36.9 Å². The molecule has 0 fully saturated rings. The highest BCUT2D eigenvalue weighted by Crippen LogP contribution is 2.27. The van der Waals surface area contributed by atoms with Crippen LogP contribution in [0.15, 0.2) is 35.7 Å². The first-order valence-corrected chi connectivity index (χ1v) is 8.08. The van der Waals surface area contributed by atoms with Crippen LogP contribution in [0.5, 0.6) is 0 Å². The van der Waals surface area contributed by atoms with Gasteiger partial charge in [-0.1, -0.05) is 12.1 Å². The van der Waals surface area contributed by atoms with Crippen molar-refractivity contribution in [1.29, 1.82) is 5.26 Å². The number of hydrogen-bond acceptors (Lipinski definition) is 3. The van der Waals surface area contributed by atoms with Crippen molar-refractivity contribution in [2.75, 3.05) is 0 Å². The summed E-state index contributed by atoms with van der Waals surface area (Å²) in [4.78, 5) is 5.93. The summed E-state index contributed by atoms with van der Waals surface area (Å²) in [5.74, 6) is 0.825. The molecule has 1 unspecified atom stereocenters. The number of halogens is 1. The zero-order valence-corrected chi connectivity index (χ0v) is 13.2. The van der Waals surface area contributed by atoms with Crippen LogP contribution in [-0.2, 0) is 13.0 Å². The molecule has 0 aliphatic heterocycles. The molecular weight excluding hydrogens is 302 g/mol. The number of nitrogens with zero attached hydrogens (tertiary/aromatic N) is 3. The molecule has 3 rings (SSSR count). The Kier molecular flexibility index (Phi) is 3.96. The predicted molar refractivity (Wildman–Crippen MR) is 86.7 cm³/mol. The van der Waals surface area contributed by atoms with E-state index in [0.717, 1.165) is 29.8 Å². The Bertz CT molecular complexity index is 797. The van der Waals surface area contributed by atoms with Gasteiger partial charge in [0.15, 0.2) is 0 Å². The second kappa shape index (κ2) is 5.88. The van der Waals surface area contributed by atoms with Crippen molar-refractivity contribution in [1.82, 2.24) is 9.55 Å². The average molecular weight is 316 g/mol. The molecule has 0 radical (unpaired) electrons. The van der Waals surface area contributed by atoms with Gasteiger partial charge < -0.3 is 4.57 Å². The number of alkyl halides is 1. The summed E-state index contributed by atoms with van der Waals surface area (Å²) in [5, 5.41) is 11.1. The van der Waals surface area contributed by atoms with Crippen LogP contribution in [0, 0.1) is 11.3 Å². The Morgan fingerprint density at radius 1 is 1.38 bits per heavy atom. The summed E-state index contributed by atoms with van der Waals surface area (Å²) >= 11 is 8.03. The molecule has 3 aromatic rings. The quantitative estimate of drug-likeness (QED) is 0.665. The number of aromatic nitrogens is 2. The van der Waals surface area contributed by atoms with Gasteiger partial charge in [-0.15, -0.1) is 22.9 Å². The fourth-order valence-corrected chi connectivity index (χ4v) is 3.34. The molecule has 2 aromatic heterocycles. The Morgan fingerprint density at radius 2 is 2.24 bits per heavy atom. The fourth-order valence-electron chi connectivity index (χ4n) is 2.47. The first-order valence-electron chi connectivity index (χ1n) is 6.76. The highest BCUT2D eigenvalue weighted by Gasteiger charge is 2.16. The van der Waals surface area contributed by atoms with E-state index >= 15 is 0 Å². The second-order valence-corrected chi connectivity index (χ2v) is 6.54. The normalized spacial score (nSPS) is 12.4. The Morgan fingerprint density at radius 3 is 2.90 bits per heavy atom. The molecule has 5 heteroatoms. The van der Waals surface area contributed by atoms with Crippen LogP contribution in [-0.4, -0.2) is 9.55 Å². The second-order valence-electron chi connectivity index (χ2n) is 4.85. The SMILES string of the molecule is CC(Cl)c1nc2c(C#N)cccc2n1CCc1cccs1. The summed E-state index contributed by atoms with van der Waals surface area (Å²) in [6, 6.07) is 12.1. The van der Waals surface area contributed by atoms with E-state index in [0.29, 0.717) is 5.56 Å². The predicted octanol–water partition coefficient (Wildman–Crippen LogP) is 4.51. The zero-order valence-electron chi connectivity index (χ0n) is 11.6. The van der Waals surface area contributed by atoms with Crippen molar-refractivity contribution in [3.05, 3.63) is 52.0 Å². The van der Waals surface area contributed by atoms with Crippen molar-refractivity contribution in [2.24, 2.45) is 0 Å². The van der Waals surface area contributed by atoms with Crippen molar-refractivity contribution in [3.8, 4) is 6.07 Å². The van der Waals surface area contributed by atoms with Gasteiger partial charge in [0.25, 0.3) is 0 Å². The Hall–Kier alpha value is -1.83. The molecule has 0 N–H and O–H groups in total. The molecule has 21 heavy (non-hydrogen) atoms. The molecule has 1 aromatic carbocycles. The number of imidazole rings is 1. The number of benzene rings is 1. The molecule has 0 aliphatic rings. The van der Waals surface area contributed by atoms with Crippen molar-refractivity contribution >= 4 is 34.0 Å². The lowest BCUT2D eigenvalue weighted by Crippen LogP contribution is -2.06. The first kappa shape index (κ1) is 14.1. The number of aryl methyl sites for hydroxylation is 2. The van der Waals surface area contributed by atoms with E-state index in [1.54, 1.807) is 17.4 Å². The minimum Gasteiger partial charge on any atom is -0.326 e. The summed E-state index contributed by atoms with van der Waals surface area (Å²) in [6.45, 7) is 2.73. The van der Waals surface area contributed by atoms with E-state index < -0.39 is 0 Å². The molecule has 0 bridgehead atoms. The van der Waals surface area contributed by atoms with Gasteiger partial charge in [0.1, 0.15) is 17.4 Å². The standard InChI is InChI=1S/C16H14ClN3S/c1-11(17)16-19-15-12(10-18)4-2-6-14(15)20(16)8-7-13-5-3-9-21-13/h2-6,9,11H,7-8H2,1H3. The molecule has 0 aliphatic carbocycles. The van der Waals surface area contributed by atoms with E-state index in [1.807, 2.05) is 19.1 Å². The third kappa shape index (κ3) is 2.67. The van der Waals surface area contributed by atoms with Crippen LogP contribution in [0.25, 0.3) is 11.0 Å². The van der Waals surface area contributed by atoms with Crippen molar-refractivity contribution in [2.45, 2.75) is 25.3 Å². The first-order chi connectivity index (χ1) is 10.2. The van der Waals surface area contributed by atoms with E-state index in [1.165, 1.54) is 4.88 Å². The van der Waals surface area contributed by atoms with Crippen LogP contribution in [0.4, 0.5) is 0 Å². The van der Waals surface area contributed by atoms with Crippen molar-refractivity contribution < 1.29 is 0 Å². The van der Waals surface area contributed by atoms with Gasteiger partial charge >= 0.3 is 0 Å². The average Bonchev–Trinajstić information content (AvgIpc) is 3.11. The largest absolute Gasteiger partial charge is 0.326 e. The van der Waals surface area contributed by atoms with Gasteiger partial charge in [0.05, 0.1) is 16.5 Å². The summed E-state index contributed by atoms with van der Waals surface area (Å²) in [7, 11) is 0. The summed E-state index contributed by atoms with van der Waals surface area (Å²) in [6.07, 6.45) is 0.941. The maximum atomic E-state index is 9.22. The molecule has 0 spiro atoms. The van der Waals surface area contributed by atoms with E-state index in [9.17, 15) is 5.26 Å². The molecule has 0 saturated carbocycles. The minimum atomic E-state index is -0.188. The van der Waals surface area contributed by atoms with E-state index in [-0.39, 0.29) is 5.38 Å². The van der Waals surface area contributed by atoms with Gasteiger partial charge in [0, 0.05) is 11.4 Å². The van der Waals surface area contributed by atoms with Gasteiger partial charge in [0.2, 0.25) is 0 Å². The number of rotatable bonds is 4. The van der Waals surface area contributed by atoms with Crippen LogP contribution in [0.1, 0.15) is 28.6 Å². The number of fused-ring (bicyclic) bond motifs is 1. The van der Waals surface area contributed by atoms with Crippen molar-refractivity contribution in [3.63, 3.8) is 0 Å². The summed E-state index contributed by atoms with van der Waals surface area (Å²) < 4.78 is 2.13. The number of hydrogen-bond donors (Lipinski definition) is 0.